The predicted molar refractivity (Wildman–Crippen MR) is 70.9 cm³/mol. The van der Waals surface area contributed by atoms with Crippen molar-refractivity contribution in [1.82, 2.24) is 9.78 Å². The van der Waals surface area contributed by atoms with Gasteiger partial charge in [-0.2, -0.15) is 5.10 Å². The fraction of sp³-hybridized carbons (Fsp3) is 0.133. The molecule has 1 aromatic heterocycles. The van der Waals surface area contributed by atoms with Gasteiger partial charge in [-0.15, -0.1) is 0 Å². The van der Waals surface area contributed by atoms with E-state index in [1.807, 2.05) is 17.8 Å². The van der Waals surface area contributed by atoms with Gasteiger partial charge < -0.3 is 0 Å². The molecule has 0 aliphatic carbocycles. The second-order valence-electron chi connectivity index (χ2n) is 4.36. The highest BCUT2D eigenvalue weighted by Crippen LogP contribution is 2.27. The molecule has 3 rings (SSSR count). The Bertz CT molecular complexity index is 680. The first-order valence-corrected chi connectivity index (χ1v) is 5.74. The van der Waals surface area contributed by atoms with E-state index in [4.69, 9.17) is 0 Å². The molecule has 0 unspecified atom stereocenters. The van der Waals surface area contributed by atoms with E-state index in [9.17, 15) is 0 Å². The van der Waals surface area contributed by atoms with Crippen molar-refractivity contribution >= 4 is 10.9 Å². The first kappa shape index (κ1) is 10.1. The molecule has 2 nitrogen and oxygen atoms in total. The summed E-state index contributed by atoms with van der Waals surface area (Å²) in [6, 6.07) is 16.8. The van der Waals surface area contributed by atoms with Crippen molar-refractivity contribution in [2.45, 2.75) is 6.92 Å². The lowest BCUT2D eigenvalue weighted by atomic mass is 10.1. The molecular formula is C15H14N2. The summed E-state index contributed by atoms with van der Waals surface area (Å²) in [4.78, 5) is 0. The lowest BCUT2D eigenvalue weighted by molar-refractivity contribution is 0.800. The van der Waals surface area contributed by atoms with Gasteiger partial charge in [0.1, 0.15) is 5.69 Å². The Morgan fingerprint density at radius 1 is 1.00 bits per heavy atom. The van der Waals surface area contributed by atoms with Gasteiger partial charge in [0.05, 0.1) is 5.52 Å². The number of aryl methyl sites for hydroxylation is 2. The Labute approximate surface area is 101 Å². The number of rotatable bonds is 1. The second kappa shape index (κ2) is 3.74. The molecule has 1 heterocycles. The first-order valence-electron chi connectivity index (χ1n) is 5.74. The maximum absolute atomic E-state index is 4.62. The number of nitrogens with zero attached hydrogens (tertiary/aromatic N) is 2. The molecule has 84 valence electrons. The van der Waals surface area contributed by atoms with Crippen LogP contribution in [-0.4, -0.2) is 9.78 Å². The van der Waals surface area contributed by atoms with Crippen molar-refractivity contribution in [3.63, 3.8) is 0 Å². The van der Waals surface area contributed by atoms with Gasteiger partial charge in [0.15, 0.2) is 0 Å². The summed E-state index contributed by atoms with van der Waals surface area (Å²) in [5.41, 5.74) is 4.68. The average molecular weight is 222 g/mol. The molecule has 0 aliphatic rings. The number of hydrogen-bond donors (Lipinski definition) is 0. The molecule has 0 spiro atoms. The molecule has 17 heavy (non-hydrogen) atoms. The van der Waals surface area contributed by atoms with E-state index in [0.29, 0.717) is 0 Å². The highest BCUT2D eigenvalue weighted by atomic mass is 15.3. The van der Waals surface area contributed by atoms with E-state index >= 15 is 0 Å². The second-order valence-corrected chi connectivity index (χ2v) is 4.36. The van der Waals surface area contributed by atoms with E-state index in [0.717, 1.165) is 5.69 Å². The van der Waals surface area contributed by atoms with Gasteiger partial charge in [0.2, 0.25) is 0 Å². The van der Waals surface area contributed by atoms with Crippen LogP contribution in [0.4, 0.5) is 0 Å². The monoisotopic (exact) mass is 222 g/mol. The average Bonchev–Trinajstić information content (AvgIpc) is 2.68. The molecule has 0 bridgehead atoms. The largest absolute Gasteiger partial charge is 0.267 e. The molecule has 2 heteroatoms. The molecular weight excluding hydrogens is 208 g/mol. The summed E-state index contributed by atoms with van der Waals surface area (Å²) in [5.74, 6) is 0. The zero-order chi connectivity index (χ0) is 11.8. The number of benzene rings is 2. The van der Waals surface area contributed by atoms with E-state index in [1.54, 1.807) is 0 Å². The Kier molecular flexibility index (Phi) is 2.22. The Balaban J connectivity index is 2.31. The Morgan fingerprint density at radius 3 is 2.65 bits per heavy atom. The molecule has 0 aliphatic heterocycles. The van der Waals surface area contributed by atoms with Crippen LogP contribution in [-0.2, 0) is 7.05 Å². The topological polar surface area (TPSA) is 17.8 Å². The van der Waals surface area contributed by atoms with Crippen molar-refractivity contribution in [1.29, 1.82) is 0 Å². The van der Waals surface area contributed by atoms with Crippen LogP contribution in [0.5, 0.6) is 0 Å². The first-order chi connectivity index (χ1) is 8.25. The van der Waals surface area contributed by atoms with Crippen LogP contribution in [0, 0.1) is 6.92 Å². The summed E-state index contributed by atoms with van der Waals surface area (Å²) in [6.45, 7) is 2.11. The number of para-hydroxylation sites is 1. The van der Waals surface area contributed by atoms with E-state index in [2.05, 4.69) is 54.5 Å². The predicted octanol–water partition coefficient (Wildman–Crippen LogP) is 3.55. The number of hydrogen-bond acceptors (Lipinski definition) is 1. The lowest BCUT2D eigenvalue weighted by Gasteiger charge is -1.99. The molecule has 0 amide bonds. The molecule has 2 aromatic carbocycles. The van der Waals surface area contributed by atoms with Crippen LogP contribution in [0.2, 0.25) is 0 Å². The van der Waals surface area contributed by atoms with Gasteiger partial charge in [-0.05, 0) is 19.1 Å². The normalized spacial score (nSPS) is 10.9. The fourth-order valence-electron chi connectivity index (χ4n) is 2.22. The third-order valence-electron chi connectivity index (χ3n) is 3.05. The highest BCUT2D eigenvalue weighted by molar-refractivity contribution is 5.93. The zero-order valence-corrected chi connectivity index (χ0v) is 10.0. The quantitative estimate of drug-likeness (QED) is 0.615. The van der Waals surface area contributed by atoms with Crippen molar-refractivity contribution in [2.75, 3.05) is 0 Å². The van der Waals surface area contributed by atoms with Crippen LogP contribution < -0.4 is 0 Å². The molecule has 0 atom stereocenters. The Hall–Kier alpha value is -2.09. The van der Waals surface area contributed by atoms with Crippen LogP contribution in [0.25, 0.3) is 22.2 Å². The van der Waals surface area contributed by atoms with Crippen LogP contribution >= 0.6 is 0 Å². The summed E-state index contributed by atoms with van der Waals surface area (Å²) in [5, 5.41) is 5.83. The summed E-state index contributed by atoms with van der Waals surface area (Å²) in [7, 11) is 1.99. The lowest BCUT2D eigenvalue weighted by Crippen LogP contribution is -1.89. The minimum atomic E-state index is 1.06. The van der Waals surface area contributed by atoms with Gasteiger partial charge in [-0.3, -0.25) is 4.68 Å². The van der Waals surface area contributed by atoms with Crippen molar-refractivity contribution in [3.8, 4) is 11.3 Å². The van der Waals surface area contributed by atoms with Crippen molar-refractivity contribution in [3.05, 3.63) is 54.1 Å². The van der Waals surface area contributed by atoms with Gasteiger partial charge in [0.25, 0.3) is 0 Å². The zero-order valence-electron chi connectivity index (χ0n) is 10.0. The van der Waals surface area contributed by atoms with Crippen LogP contribution in [0.3, 0.4) is 0 Å². The third-order valence-corrected chi connectivity index (χ3v) is 3.05. The van der Waals surface area contributed by atoms with Crippen molar-refractivity contribution < 1.29 is 0 Å². The molecule has 0 N–H and O–H groups in total. The Morgan fingerprint density at radius 2 is 1.82 bits per heavy atom. The van der Waals surface area contributed by atoms with Crippen LogP contribution in [0.15, 0.2) is 48.5 Å². The smallest absolute Gasteiger partial charge is 0.100 e. The van der Waals surface area contributed by atoms with Gasteiger partial charge in [0, 0.05) is 18.0 Å². The van der Waals surface area contributed by atoms with E-state index in [-0.39, 0.29) is 0 Å². The third kappa shape index (κ3) is 1.62. The molecule has 0 saturated carbocycles. The van der Waals surface area contributed by atoms with Crippen molar-refractivity contribution in [2.24, 2.45) is 7.05 Å². The summed E-state index contributed by atoms with van der Waals surface area (Å²) < 4.78 is 1.94. The van der Waals surface area contributed by atoms with E-state index in [1.165, 1.54) is 22.0 Å². The maximum Gasteiger partial charge on any atom is 0.100 e. The minimum absolute atomic E-state index is 1.06. The molecule has 0 saturated heterocycles. The SMILES string of the molecule is Cc1cccc(-c2nn(C)c3ccccc23)c1. The van der Waals surface area contributed by atoms with Gasteiger partial charge in [-0.25, -0.2) is 0 Å². The summed E-state index contributed by atoms with van der Waals surface area (Å²) in [6.07, 6.45) is 0. The maximum atomic E-state index is 4.62. The van der Waals surface area contributed by atoms with Gasteiger partial charge >= 0.3 is 0 Å². The molecule has 0 radical (unpaired) electrons. The van der Waals surface area contributed by atoms with E-state index < -0.39 is 0 Å². The van der Waals surface area contributed by atoms with Crippen LogP contribution in [0.1, 0.15) is 5.56 Å². The number of aromatic nitrogens is 2. The molecule has 3 aromatic rings. The fourth-order valence-corrected chi connectivity index (χ4v) is 2.22. The highest BCUT2D eigenvalue weighted by Gasteiger charge is 2.09. The summed E-state index contributed by atoms with van der Waals surface area (Å²) >= 11 is 0. The van der Waals surface area contributed by atoms with Gasteiger partial charge in [-0.1, -0.05) is 42.0 Å². The molecule has 0 fully saturated rings. The minimum Gasteiger partial charge on any atom is -0.267 e. The standard InChI is InChI=1S/C15H14N2/c1-11-6-5-7-12(10-11)15-13-8-3-4-9-14(13)17(2)16-15/h3-10H,1-2H3. The number of fused-ring (bicyclic) bond motifs is 1.